The molecule has 16 heavy (non-hydrogen) atoms. The van der Waals surface area contributed by atoms with Crippen molar-refractivity contribution in [1.29, 1.82) is 0 Å². The van der Waals surface area contributed by atoms with Gasteiger partial charge in [0.05, 0.1) is 0 Å². The average molecular weight is 219 g/mol. The molecule has 0 atom stereocenters. The van der Waals surface area contributed by atoms with Gasteiger partial charge in [0.1, 0.15) is 7.85 Å². The number of hydrogen-bond donors (Lipinski definition) is 0. The number of nitrogens with zero attached hydrogens (tertiary/aromatic N) is 1. The molecule has 1 aromatic heterocycles. The molecule has 0 saturated heterocycles. The third kappa shape index (κ3) is 3.75. The first-order chi connectivity index (χ1) is 7.67. The first-order valence-corrected chi connectivity index (χ1v) is 4.97. The molecule has 0 unspecified atom stereocenters. The lowest BCUT2D eigenvalue weighted by atomic mass is 9.99. The van der Waals surface area contributed by atoms with Crippen LogP contribution < -0.4 is 5.59 Å². The van der Waals surface area contributed by atoms with E-state index in [0.29, 0.717) is 24.0 Å². The fraction of sp³-hybridized carbons (Fsp3) is 0.455. The minimum Gasteiger partial charge on any atom is -0.356 e. The van der Waals surface area contributed by atoms with Gasteiger partial charge in [0.15, 0.2) is 12.1 Å². The van der Waals surface area contributed by atoms with E-state index in [1.54, 1.807) is 26.4 Å². The highest BCUT2D eigenvalue weighted by molar-refractivity contribution is 6.31. The van der Waals surface area contributed by atoms with Gasteiger partial charge in [-0.15, -0.1) is 0 Å². The molecule has 1 aromatic rings. The molecule has 0 aliphatic carbocycles. The Hall–Kier alpha value is -1.20. The van der Waals surface area contributed by atoms with Gasteiger partial charge in [-0.3, -0.25) is 9.78 Å². The lowest BCUT2D eigenvalue weighted by Gasteiger charge is -2.12. The number of carbonyl (C=O) groups is 1. The Labute approximate surface area is 96.4 Å². The summed E-state index contributed by atoms with van der Waals surface area (Å²) in [5, 5.41) is 0. The van der Waals surface area contributed by atoms with Gasteiger partial charge >= 0.3 is 0 Å². The first-order valence-electron chi connectivity index (χ1n) is 4.97. The summed E-state index contributed by atoms with van der Waals surface area (Å²) in [6.45, 7) is 0. The number of ether oxygens (including phenoxy) is 2. The molecule has 0 fully saturated rings. The van der Waals surface area contributed by atoms with Crippen molar-refractivity contribution in [3.8, 4) is 0 Å². The second kappa shape index (κ2) is 6.40. The Balaban J connectivity index is 2.52. The monoisotopic (exact) mass is 219 g/mol. The predicted octanol–water partition coefficient (Wildman–Crippen LogP) is 0.457. The number of methoxy groups -OCH3 is 2. The number of aromatic nitrogens is 1. The van der Waals surface area contributed by atoms with Gasteiger partial charge in [-0.05, 0) is 17.7 Å². The van der Waals surface area contributed by atoms with Gasteiger partial charge in [-0.2, -0.15) is 0 Å². The predicted molar refractivity (Wildman–Crippen MR) is 61.0 cm³/mol. The van der Waals surface area contributed by atoms with Crippen molar-refractivity contribution >= 4 is 19.2 Å². The van der Waals surface area contributed by atoms with Crippen LogP contribution in [-0.4, -0.2) is 39.1 Å². The van der Waals surface area contributed by atoms with Gasteiger partial charge in [0.2, 0.25) is 0 Å². The van der Waals surface area contributed by atoms with Crippen LogP contribution in [-0.2, 0) is 9.47 Å². The van der Waals surface area contributed by atoms with Crippen molar-refractivity contribution in [2.24, 2.45) is 0 Å². The van der Waals surface area contributed by atoms with E-state index >= 15 is 0 Å². The summed E-state index contributed by atoms with van der Waals surface area (Å²) in [6, 6.07) is 3.21. The molecular formula is C11H14BNO3. The largest absolute Gasteiger partial charge is 0.356 e. The molecule has 0 spiro atoms. The number of Topliss-reactive ketones (excluding diaryl/α,β-unsaturated/α-hetero) is 1. The lowest BCUT2D eigenvalue weighted by Crippen LogP contribution is -2.16. The van der Waals surface area contributed by atoms with E-state index in [1.807, 2.05) is 0 Å². The van der Waals surface area contributed by atoms with E-state index in [2.05, 4.69) is 4.98 Å². The minimum atomic E-state index is -0.344. The summed E-state index contributed by atoms with van der Waals surface area (Å²) in [5.74, 6) is 0.00759. The number of ketones is 1. The topological polar surface area (TPSA) is 48.4 Å². The number of rotatable bonds is 6. The molecule has 0 saturated carbocycles. The zero-order valence-electron chi connectivity index (χ0n) is 9.47. The van der Waals surface area contributed by atoms with Gasteiger partial charge in [-0.1, -0.05) is 0 Å². The Morgan fingerprint density at radius 2 is 2.19 bits per heavy atom. The molecule has 0 N–H and O–H groups in total. The molecule has 0 bridgehead atoms. The Morgan fingerprint density at radius 1 is 1.50 bits per heavy atom. The molecule has 4 nitrogen and oxygen atoms in total. The van der Waals surface area contributed by atoms with Crippen molar-refractivity contribution in [2.75, 3.05) is 14.2 Å². The fourth-order valence-electron chi connectivity index (χ4n) is 1.35. The highest BCUT2D eigenvalue weighted by atomic mass is 16.7. The number of hydrogen-bond acceptors (Lipinski definition) is 4. The van der Waals surface area contributed by atoms with Gasteiger partial charge < -0.3 is 9.47 Å². The quantitative estimate of drug-likeness (QED) is 0.396. The van der Waals surface area contributed by atoms with Crippen molar-refractivity contribution in [3.63, 3.8) is 0 Å². The summed E-state index contributed by atoms with van der Waals surface area (Å²) < 4.78 is 10.00. The maximum atomic E-state index is 11.7. The van der Waals surface area contributed by atoms with E-state index in [9.17, 15) is 4.79 Å². The molecule has 0 aliphatic heterocycles. The average Bonchev–Trinajstić information content (AvgIpc) is 2.30. The minimum absolute atomic E-state index is 0.00759. The zero-order chi connectivity index (χ0) is 12.0. The van der Waals surface area contributed by atoms with Crippen LogP contribution in [0.3, 0.4) is 0 Å². The summed E-state index contributed by atoms with van der Waals surface area (Å²) in [7, 11) is 8.58. The fourth-order valence-corrected chi connectivity index (χ4v) is 1.35. The maximum Gasteiger partial charge on any atom is 0.163 e. The van der Waals surface area contributed by atoms with Crippen LogP contribution in [0.2, 0.25) is 0 Å². The normalized spacial score (nSPS) is 10.7. The molecule has 1 heterocycles. The Bertz CT molecular complexity index is 353. The van der Waals surface area contributed by atoms with Gasteiger partial charge in [0.25, 0.3) is 0 Å². The first kappa shape index (κ1) is 12.9. The summed E-state index contributed by atoms with van der Waals surface area (Å²) in [4.78, 5) is 15.6. The van der Waals surface area contributed by atoms with Crippen molar-refractivity contribution in [2.45, 2.75) is 19.1 Å². The molecule has 1 rings (SSSR count). The van der Waals surface area contributed by atoms with Crippen molar-refractivity contribution < 1.29 is 14.3 Å². The zero-order valence-corrected chi connectivity index (χ0v) is 9.47. The SMILES string of the molecule is [B]c1cc(C(=O)CCC(OC)OC)ccn1. The summed E-state index contributed by atoms with van der Waals surface area (Å²) >= 11 is 0. The number of pyridine rings is 1. The molecule has 0 aliphatic rings. The van der Waals surface area contributed by atoms with E-state index in [1.165, 1.54) is 6.20 Å². The molecule has 2 radical (unpaired) electrons. The standard InChI is InChI=1S/C11H14BNO3/c1-15-11(16-2)4-3-9(14)8-5-6-13-10(12)7-8/h5-7,11H,3-4H2,1-2H3. The van der Waals surface area contributed by atoms with Crippen LogP contribution in [0, 0.1) is 0 Å². The Morgan fingerprint density at radius 3 is 2.75 bits per heavy atom. The van der Waals surface area contributed by atoms with E-state index in [0.717, 1.165) is 0 Å². The molecule has 0 aromatic carbocycles. The van der Waals surface area contributed by atoms with Crippen molar-refractivity contribution in [3.05, 3.63) is 23.9 Å². The van der Waals surface area contributed by atoms with Crippen LogP contribution in [0.15, 0.2) is 18.3 Å². The third-order valence-corrected chi connectivity index (χ3v) is 2.24. The highest BCUT2D eigenvalue weighted by Gasteiger charge is 2.11. The van der Waals surface area contributed by atoms with Gasteiger partial charge in [0, 0.05) is 38.8 Å². The maximum absolute atomic E-state index is 11.7. The van der Waals surface area contributed by atoms with Crippen molar-refractivity contribution in [1.82, 2.24) is 4.98 Å². The second-order valence-corrected chi connectivity index (χ2v) is 3.33. The van der Waals surface area contributed by atoms with Crippen LogP contribution in [0.5, 0.6) is 0 Å². The summed E-state index contributed by atoms with van der Waals surface area (Å²) in [6.07, 6.45) is 2.06. The smallest absolute Gasteiger partial charge is 0.163 e. The van der Waals surface area contributed by atoms with Crippen LogP contribution in [0.1, 0.15) is 23.2 Å². The van der Waals surface area contributed by atoms with E-state index in [4.69, 9.17) is 17.3 Å². The van der Waals surface area contributed by atoms with Crippen LogP contribution in [0.25, 0.3) is 0 Å². The van der Waals surface area contributed by atoms with E-state index in [-0.39, 0.29) is 12.1 Å². The molecule has 0 amide bonds. The van der Waals surface area contributed by atoms with E-state index < -0.39 is 0 Å². The molecular weight excluding hydrogens is 205 g/mol. The highest BCUT2D eigenvalue weighted by Crippen LogP contribution is 2.07. The van der Waals surface area contributed by atoms with Crippen LogP contribution >= 0.6 is 0 Å². The van der Waals surface area contributed by atoms with Crippen LogP contribution in [0.4, 0.5) is 0 Å². The lowest BCUT2D eigenvalue weighted by molar-refractivity contribution is -0.105. The number of carbonyl (C=O) groups excluding carboxylic acids is 1. The molecule has 84 valence electrons. The van der Waals surface area contributed by atoms with Gasteiger partial charge in [-0.25, -0.2) is 0 Å². The Kier molecular flexibility index (Phi) is 5.15. The second-order valence-electron chi connectivity index (χ2n) is 3.33. The third-order valence-electron chi connectivity index (χ3n) is 2.24. The molecule has 5 heteroatoms. The summed E-state index contributed by atoms with van der Waals surface area (Å²) in [5.41, 5.74) is 0.916.